The largest absolute Gasteiger partial charge is 0.465 e. The van der Waals surface area contributed by atoms with E-state index < -0.39 is 17.7 Å². The highest BCUT2D eigenvalue weighted by atomic mass is 16.5. The quantitative estimate of drug-likeness (QED) is 0.162. The van der Waals surface area contributed by atoms with Crippen molar-refractivity contribution in [3.8, 4) is 5.69 Å². The van der Waals surface area contributed by atoms with Gasteiger partial charge in [-0.05, 0) is 49.8 Å². The second-order valence-corrected chi connectivity index (χ2v) is 9.16. The number of amides is 1. The van der Waals surface area contributed by atoms with E-state index in [0.717, 1.165) is 16.8 Å². The summed E-state index contributed by atoms with van der Waals surface area (Å²) >= 11 is 0. The fourth-order valence-electron chi connectivity index (χ4n) is 4.42. The predicted molar refractivity (Wildman–Crippen MR) is 154 cm³/mol. The molecule has 2 aromatic heterocycles. The maximum absolute atomic E-state index is 13.8. The van der Waals surface area contributed by atoms with Crippen molar-refractivity contribution < 1.29 is 19.1 Å². The standard InChI is InChI=1S/C32H26N4O4/c1-20-14-17-23(18-15-20)33-31(38)29(37)27-25(19-16-22-10-6-4-7-11-22)34-30-26(28(27)32(39)40-3)21(2)35-36(30)24-12-8-5-9-13-24/h4-19H,1-3H3,(H,33,38)/b19-16+. The minimum atomic E-state index is -0.921. The monoisotopic (exact) mass is 530 g/mol. The smallest absolute Gasteiger partial charge is 0.339 e. The molecule has 198 valence electrons. The van der Waals surface area contributed by atoms with Crippen molar-refractivity contribution in [2.75, 3.05) is 12.4 Å². The average molecular weight is 531 g/mol. The van der Waals surface area contributed by atoms with Crippen LogP contribution in [0.2, 0.25) is 0 Å². The van der Waals surface area contributed by atoms with Crippen LogP contribution in [0.4, 0.5) is 5.69 Å². The first-order chi connectivity index (χ1) is 19.4. The third-order valence-electron chi connectivity index (χ3n) is 6.38. The van der Waals surface area contributed by atoms with E-state index in [1.807, 2.05) is 79.7 Å². The molecule has 5 aromatic rings. The van der Waals surface area contributed by atoms with Gasteiger partial charge in [-0.15, -0.1) is 0 Å². The summed E-state index contributed by atoms with van der Waals surface area (Å²) in [4.78, 5) is 45.1. The Hall–Kier alpha value is -5.37. The lowest BCUT2D eigenvalue weighted by atomic mass is 9.96. The first kappa shape index (κ1) is 26.2. The fraction of sp³-hybridized carbons (Fsp3) is 0.0938. The lowest BCUT2D eigenvalue weighted by Crippen LogP contribution is -2.26. The number of aryl methyl sites for hydroxylation is 2. The molecule has 0 fully saturated rings. The van der Waals surface area contributed by atoms with Gasteiger partial charge >= 0.3 is 5.97 Å². The molecular formula is C32H26N4O4. The number of ether oxygens (including phenoxy) is 1. The van der Waals surface area contributed by atoms with Crippen molar-refractivity contribution in [2.45, 2.75) is 13.8 Å². The number of rotatable bonds is 7. The summed E-state index contributed by atoms with van der Waals surface area (Å²) in [6.45, 7) is 3.64. The van der Waals surface area contributed by atoms with Gasteiger partial charge in [0.1, 0.15) is 0 Å². The zero-order chi connectivity index (χ0) is 28.2. The molecule has 0 radical (unpaired) electrons. The van der Waals surface area contributed by atoms with Gasteiger partial charge in [-0.25, -0.2) is 14.5 Å². The lowest BCUT2D eigenvalue weighted by Gasteiger charge is -2.13. The number of pyridine rings is 1. The first-order valence-corrected chi connectivity index (χ1v) is 12.6. The molecule has 1 amide bonds. The number of methoxy groups -OCH3 is 1. The van der Waals surface area contributed by atoms with Crippen LogP contribution in [-0.2, 0) is 9.53 Å². The van der Waals surface area contributed by atoms with Crippen LogP contribution in [0.15, 0.2) is 84.9 Å². The Morgan fingerprint density at radius 3 is 2.12 bits per heavy atom. The van der Waals surface area contributed by atoms with Gasteiger partial charge < -0.3 is 10.1 Å². The molecule has 5 rings (SSSR count). The van der Waals surface area contributed by atoms with E-state index in [1.165, 1.54) is 7.11 Å². The number of hydrogen-bond acceptors (Lipinski definition) is 6. The molecule has 0 aliphatic rings. The Bertz CT molecular complexity index is 1760. The van der Waals surface area contributed by atoms with E-state index >= 15 is 0 Å². The molecular weight excluding hydrogens is 504 g/mol. The van der Waals surface area contributed by atoms with Gasteiger partial charge in [-0.3, -0.25) is 9.59 Å². The van der Waals surface area contributed by atoms with Gasteiger partial charge in [-0.2, -0.15) is 5.10 Å². The Labute approximate surface area is 230 Å². The molecule has 8 heteroatoms. The number of anilines is 1. The van der Waals surface area contributed by atoms with E-state index in [0.29, 0.717) is 22.4 Å². The van der Waals surface area contributed by atoms with Crippen molar-refractivity contribution in [3.63, 3.8) is 0 Å². The Balaban J connectivity index is 1.75. The molecule has 0 unspecified atom stereocenters. The SMILES string of the molecule is COC(=O)c1c(C(=O)C(=O)Nc2ccc(C)cc2)c(/C=C/c2ccccc2)nc2c1c(C)nn2-c1ccccc1. The lowest BCUT2D eigenvalue weighted by molar-refractivity contribution is -0.112. The molecule has 3 aromatic carbocycles. The number of esters is 1. The summed E-state index contributed by atoms with van der Waals surface area (Å²) in [6.07, 6.45) is 3.38. The maximum Gasteiger partial charge on any atom is 0.339 e. The molecule has 0 aliphatic carbocycles. The number of nitrogens with one attached hydrogen (secondary N) is 1. The number of benzene rings is 3. The number of hydrogen-bond donors (Lipinski definition) is 1. The molecule has 0 spiro atoms. The molecule has 0 saturated heterocycles. The summed E-state index contributed by atoms with van der Waals surface area (Å²) in [7, 11) is 1.23. The number of aromatic nitrogens is 3. The topological polar surface area (TPSA) is 103 Å². The number of nitrogens with zero attached hydrogens (tertiary/aromatic N) is 3. The van der Waals surface area contributed by atoms with Gasteiger partial charge in [0.05, 0.1) is 40.7 Å². The molecule has 0 atom stereocenters. The Kier molecular flexibility index (Phi) is 7.33. The summed E-state index contributed by atoms with van der Waals surface area (Å²) in [6, 6.07) is 25.8. The van der Waals surface area contributed by atoms with Crippen LogP contribution in [0.25, 0.3) is 28.9 Å². The highest BCUT2D eigenvalue weighted by Gasteiger charge is 2.32. The zero-order valence-corrected chi connectivity index (χ0v) is 22.2. The second-order valence-electron chi connectivity index (χ2n) is 9.16. The third kappa shape index (κ3) is 5.15. The van der Waals surface area contributed by atoms with Crippen LogP contribution in [0, 0.1) is 13.8 Å². The van der Waals surface area contributed by atoms with Crippen molar-refractivity contribution >= 4 is 46.5 Å². The Morgan fingerprint density at radius 2 is 1.48 bits per heavy atom. The molecule has 2 heterocycles. The van der Waals surface area contributed by atoms with Gasteiger partial charge in [0.15, 0.2) is 5.65 Å². The predicted octanol–water partition coefficient (Wildman–Crippen LogP) is 5.82. The van der Waals surface area contributed by atoms with E-state index in [2.05, 4.69) is 10.4 Å². The van der Waals surface area contributed by atoms with Gasteiger partial charge in [-0.1, -0.05) is 72.3 Å². The molecule has 0 aliphatic heterocycles. The van der Waals surface area contributed by atoms with Crippen molar-refractivity contribution in [1.82, 2.24) is 14.8 Å². The van der Waals surface area contributed by atoms with Crippen molar-refractivity contribution in [2.24, 2.45) is 0 Å². The number of carbonyl (C=O) groups excluding carboxylic acids is 3. The van der Waals surface area contributed by atoms with Crippen LogP contribution in [0.1, 0.15) is 43.2 Å². The number of Topliss-reactive ketones (excluding diaryl/α,β-unsaturated/α-hetero) is 1. The second kappa shape index (κ2) is 11.2. The van der Waals surface area contributed by atoms with Crippen LogP contribution < -0.4 is 5.32 Å². The summed E-state index contributed by atoms with van der Waals surface area (Å²) < 4.78 is 6.73. The normalized spacial score (nSPS) is 11.1. The fourth-order valence-corrected chi connectivity index (χ4v) is 4.42. The van der Waals surface area contributed by atoms with E-state index in [-0.39, 0.29) is 16.8 Å². The number of carbonyl (C=O) groups is 3. The van der Waals surface area contributed by atoms with Crippen LogP contribution in [-0.4, -0.2) is 39.5 Å². The van der Waals surface area contributed by atoms with Crippen LogP contribution in [0.5, 0.6) is 0 Å². The van der Waals surface area contributed by atoms with Crippen molar-refractivity contribution in [3.05, 3.63) is 119 Å². The summed E-state index contributed by atoms with van der Waals surface area (Å²) in [5, 5.41) is 7.59. The zero-order valence-electron chi connectivity index (χ0n) is 22.2. The molecule has 1 N–H and O–H groups in total. The van der Waals surface area contributed by atoms with E-state index in [9.17, 15) is 14.4 Å². The molecule has 40 heavy (non-hydrogen) atoms. The minimum absolute atomic E-state index is 0.0658. The number of para-hydroxylation sites is 1. The Morgan fingerprint density at radius 1 is 0.825 bits per heavy atom. The van der Waals surface area contributed by atoms with Crippen LogP contribution >= 0.6 is 0 Å². The molecule has 0 saturated carbocycles. The maximum atomic E-state index is 13.8. The third-order valence-corrected chi connectivity index (χ3v) is 6.38. The van der Waals surface area contributed by atoms with Gasteiger partial charge in [0, 0.05) is 5.69 Å². The number of ketones is 1. The van der Waals surface area contributed by atoms with E-state index in [1.54, 1.807) is 35.9 Å². The average Bonchev–Trinajstić information content (AvgIpc) is 3.32. The highest BCUT2D eigenvalue weighted by molar-refractivity contribution is 6.48. The first-order valence-electron chi connectivity index (χ1n) is 12.6. The minimum Gasteiger partial charge on any atom is -0.465 e. The summed E-state index contributed by atoms with van der Waals surface area (Å²) in [5.41, 5.74) is 3.75. The van der Waals surface area contributed by atoms with E-state index in [4.69, 9.17) is 9.72 Å². The van der Waals surface area contributed by atoms with Gasteiger partial charge in [0.2, 0.25) is 0 Å². The molecule has 0 bridgehead atoms. The highest BCUT2D eigenvalue weighted by Crippen LogP contribution is 2.31. The van der Waals surface area contributed by atoms with Crippen molar-refractivity contribution in [1.29, 1.82) is 0 Å². The summed E-state index contributed by atoms with van der Waals surface area (Å²) in [5.74, 6) is -2.60. The molecule has 8 nitrogen and oxygen atoms in total. The van der Waals surface area contributed by atoms with Gasteiger partial charge in [0.25, 0.3) is 11.7 Å². The number of fused-ring (bicyclic) bond motifs is 1. The van der Waals surface area contributed by atoms with Crippen LogP contribution in [0.3, 0.4) is 0 Å².